The fourth-order valence-electron chi connectivity index (χ4n) is 2.46. The minimum atomic E-state index is -4.75. The van der Waals surface area contributed by atoms with Crippen LogP contribution in [0.5, 0.6) is 0 Å². The molecule has 1 saturated carbocycles. The number of rotatable bonds is 3. The molecule has 0 aromatic heterocycles. The van der Waals surface area contributed by atoms with Crippen LogP contribution in [-0.4, -0.2) is 30.1 Å². The van der Waals surface area contributed by atoms with Crippen molar-refractivity contribution in [1.29, 1.82) is 0 Å². The molecular formula is C12H20F3NO. The van der Waals surface area contributed by atoms with Gasteiger partial charge in [-0.1, -0.05) is 32.1 Å². The first-order chi connectivity index (χ1) is 7.82. The van der Waals surface area contributed by atoms with E-state index in [2.05, 4.69) is 0 Å². The SMILES string of the molecule is CC(CC1CCCCC1)N(C)C(=O)C(F)(F)F. The molecule has 0 radical (unpaired) electrons. The maximum absolute atomic E-state index is 12.2. The maximum Gasteiger partial charge on any atom is 0.471 e. The Hall–Kier alpha value is -0.740. The lowest BCUT2D eigenvalue weighted by molar-refractivity contribution is -0.186. The molecule has 0 bridgehead atoms. The zero-order valence-corrected chi connectivity index (χ0v) is 10.4. The van der Waals surface area contributed by atoms with Crippen molar-refractivity contribution in [2.45, 2.75) is 57.7 Å². The molecule has 1 aliphatic carbocycles. The molecule has 0 N–H and O–H groups in total. The Labute approximate surface area is 100 Å². The molecule has 17 heavy (non-hydrogen) atoms. The summed E-state index contributed by atoms with van der Waals surface area (Å²) in [7, 11) is 1.24. The third kappa shape index (κ3) is 4.21. The van der Waals surface area contributed by atoms with Crippen LogP contribution >= 0.6 is 0 Å². The van der Waals surface area contributed by atoms with Crippen LogP contribution < -0.4 is 0 Å². The molecule has 1 amide bonds. The standard InChI is InChI=1S/C12H20F3NO/c1-9(8-10-6-4-3-5-7-10)16(2)11(17)12(13,14)15/h9-10H,3-8H2,1-2H3. The van der Waals surface area contributed by atoms with Crippen LogP contribution in [-0.2, 0) is 4.79 Å². The van der Waals surface area contributed by atoms with Crippen LogP contribution in [0.4, 0.5) is 13.2 Å². The molecule has 2 nitrogen and oxygen atoms in total. The summed E-state index contributed by atoms with van der Waals surface area (Å²) in [6.07, 6.45) is 1.63. The van der Waals surface area contributed by atoms with E-state index in [-0.39, 0.29) is 6.04 Å². The van der Waals surface area contributed by atoms with Crippen LogP contribution in [0.15, 0.2) is 0 Å². The summed E-state index contributed by atoms with van der Waals surface area (Å²) in [4.78, 5) is 11.9. The van der Waals surface area contributed by atoms with Gasteiger partial charge in [-0.15, -0.1) is 0 Å². The van der Waals surface area contributed by atoms with Crippen molar-refractivity contribution >= 4 is 5.91 Å². The van der Waals surface area contributed by atoms with Gasteiger partial charge in [0, 0.05) is 13.1 Å². The van der Waals surface area contributed by atoms with Gasteiger partial charge in [-0.2, -0.15) is 13.2 Å². The van der Waals surface area contributed by atoms with Gasteiger partial charge in [-0.05, 0) is 19.3 Å². The smallest absolute Gasteiger partial charge is 0.335 e. The van der Waals surface area contributed by atoms with Crippen molar-refractivity contribution in [2.24, 2.45) is 5.92 Å². The minimum Gasteiger partial charge on any atom is -0.335 e. The molecule has 1 unspecified atom stereocenters. The summed E-state index contributed by atoms with van der Waals surface area (Å²) < 4.78 is 36.7. The number of carbonyl (C=O) groups excluding carboxylic acids is 1. The van der Waals surface area contributed by atoms with Crippen molar-refractivity contribution < 1.29 is 18.0 Å². The van der Waals surface area contributed by atoms with Crippen molar-refractivity contribution in [3.8, 4) is 0 Å². The molecule has 1 aliphatic rings. The van der Waals surface area contributed by atoms with Gasteiger partial charge < -0.3 is 4.90 Å². The summed E-state index contributed by atoms with van der Waals surface area (Å²) >= 11 is 0. The average Bonchev–Trinajstić information content (AvgIpc) is 2.27. The minimum absolute atomic E-state index is 0.341. The van der Waals surface area contributed by atoms with E-state index in [1.54, 1.807) is 6.92 Å². The summed E-state index contributed by atoms with van der Waals surface area (Å²) in [6, 6.07) is -0.341. The summed E-state index contributed by atoms with van der Waals surface area (Å²) in [5.74, 6) is -1.26. The molecule has 100 valence electrons. The monoisotopic (exact) mass is 251 g/mol. The van der Waals surface area contributed by atoms with Crippen molar-refractivity contribution in [2.75, 3.05) is 7.05 Å². The Bertz CT molecular complexity index is 259. The van der Waals surface area contributed by atoms with Gasteiger partial charge in [-0.25, -0.2) is 0 Å². The quantitative estimate of drug-likeness (QED) is 0.753. The Kier molecular flexibility index (Phi) is 4.83. The number of hydrogen-bond acceptors (Lipinski definition) is 1. The molecule has 0 saturated heterocycles. The molecular weight excluding hydrogens is 231 g/mol. The van der Waals surface area contributed by atoms with E-state index in [1.165, 1.54) is 13.5 Å². The number of hydrogen-bond donors (Lipinski definition) is 0. The highest BCUT2D eigenvalue weighted by atomic mass is 19.4. The number of halogens is 3. The van der Waals surface area contributed by atoms with Gasteiger partial charge in [-0.3, -0.25) is 4.79 Å². The lowest BCUT2D eigenvalue weighted by Gasteiger charge is -2.30. The Morgan fingerprint density at radius 1 is 1.29 bits per heavy atom. The highest BCUT2D eigenvalue weighted by Crippen LogP contribution is 2.29. The van der Waals surface area contributed by atoms with E-state index in [1.807, 2.05) is 0 Å². The van der Waals surface area contributed by atoms with Gasteiger partial charge in [0.2, 0.25) is 0 Å². The second kappa shape index (κ2) is 5.74. The van der Waals surface area contributed by atoms with Crippen molar-refractivity contribution in [1.82, 2.24) is 4.90 Å². The van der Waals surface area contributed by atoms with Crippen molar-refractivity contribution in [3.05, 3.63) is 0 Å². The molecule has 0 spiro atoms. The van der Waals surface area contributed by atoms with Crippen LogP contribution in [0.25, 0.3) is 0 Å². The predicted octanol–water partition coefficient (Wildman–Crippen LogP) is 3.37. The Morgan fingerprint density at radius 3 is 2.29 bits per heavy atom. The van der Waals surface area contributed by atoms with Gasteiger partial charge in [0.15, 0.2) is 0 Å². The molecule has 1 fully saturated rings. The molecule has 0 aromatic rings. The fourth-order valence-corrected chi connectivity index (χ4v) is 2.46. The number of amides is 1. The largest absolute Gasteiger partial charge is 0.471 e. The second-order valence-corrected chi connectivity index (χ2v) is 5.00. The first kappa shape index (κ1) is 14.3. The van der Waals surface area contributed by atoms with Crippen molar-refractivity contribution in [3.63, 3.8) is 0 Å². The molecule has 5 heteroatoms. The number of nitrogens with zero attached hydrogens (tertiary/aromatic N) is 1. The van der Waals surface area contributed by atoms with Crippen LogP contribution in [0.1, 0.15) is 45.4 Å². The summed E-state index contributed by atoms with van der Waals surface area (Å²) in [6.45, 7) is 1.69. The molecule has 0 aliphatic heterocycles. The van der Waals surface area contributed by atoms with Crippen LogP contribution in [0.2, 0.25) is 0 Å². The molecule has 1 atom stereocenters. The van der Waals surface area contributed by atoms with E-state index >= 15 is 0 Å². The van der Waals surface area contributed by atoms with E-state index in [9.17, 15) is 18.0 Å². The Balaban J connectivity index is 2.45. The Morgan fingerprint density at radius 2 is 1.82 bits per heavy atom. The number of alkyl halides is 3. The van der Waals surface area contributed by atoms with E-state index in [0.717, 1.165) is 30.6 Å². The average molecular weight is 251 g/mol. The first-order valence-electron chi connectivity index (χ1n) is 6.16. The lowest BCUT2D eigenvalue weighted by atomic mass is 9.85. The highest BCUT2D eigenvalue weighted by Gasteiger charge is 2.42. The normalized spacial score (nSPS) is 20.1. The van der Waals surface area contributed by atoms with Gasteiger partial charge >= 0.3 is 12.1 Å². The summed E-state index contributed by atoms with van der Waals surface area (Å²) in [5, 5.41) is 0. The molecule has 0 heterocycles. The first-order valence-corrected chi connectivity index (χ1v) is 6.16. The highest BCUT2D eigenvalue weighted by molar-refractivity contribution is 5.81. The van der Waals surface area contributed by atoms with Crippen LogP contribution in [0.3, 0.4) is 0 Å². The maximum atomic E-state index is 12.2. The molecule has 0 aromatic carbocycles. The predicted molar refractivity (Wildman–Crippen MR) is 59.5 cm³/mol. The van der Waals surface area contributed by atoms with Gasteiger partial charge in [0.1, 0.15) is 0 Å². The van der Waals surface area contributed by atoms with E-state index < -0.39 is 12.1 Å². The fraction of sp³-hybridized carbons (Fsp3) is 0.917. The van der Waals surface area contributed by atoms with E-state index in [4.69, 9.17) is 0 Å². The zero-order chi connectivity index (χ0) is 13.1. The van der Waals surface area contributed by atoms with E-state index in [0.29, 0.717) is 12.3 Å². The second-order valence-electron chi connectivity index (χ2n) is 5.00. The lowest BCUT2D eigenvalue weighted by Crippen LogP contribution is -2.44. The van der Waals surface area contributed by atoms with Gasteiger partial charge in [0.05, 0.1) is 0 Å². The topological polar surface area (TPSA) is 20.3 Å². The summed E-state index contributed by atoms with van der Waals surface area (Å²) in [5.41, 5.74) is 0. The molecule has 1 rings (SSSR count). The third-order valence-electron chi connectivity index (χ3n) is 3.62. The van der Waals surface area contributed by atoms with Crippen LogP contribution in [0, 0.1) is 5.92 Å². The zero-order valence-electron chi connectivity index (χ0n) is 10.4. The third-order valence-corrected chi connectivity index (χ3v) is 3.62. The number of carbonyl (C=O) groups is 1. The van der Waals surface area contributed by atoms with Gasteiger partial charge in [0.25, 0.3) is 0 Å².